The summed E-state index contributed by atoms with van der Waals surface area (Å²) in [7, 11) is 1.60. The highest BCUT2D eigenvalue weighted by atomic mass is 35.5. The zero-order valence-electron chi connectivity index (χ0n) is 15.6. The van der Waals surface area contributed by atoms with E-state index in [1.165, 1.54) is 36.4 Å². The maximum Gasteiger partial charge on any atom is 0.255 e. The van der Waals surface area contributed by atoms with Gasteiger partial charge in [-0.25, -0.2) is 8.78 Å². The molecule has 0 aliphatic heterocycles. The van der Waals surface area contributed by atoms with Gasteiger partial charge in [-0.1, -0.05) is 18.5 Å². The molecule has 7 heteroatoms. The predicted octanol–water partition coefficient (Wildman–Crippen LogP) is 5.12. The molecule has 0 fully saturated rings. The zero-order chi connectivity index (χ0) is 20.0. The third kappa shape index (κ3) is 5.65. The summed E-state index contributed by atoms with van der Waals surface area (Å²) in [5.74, 6) is -1.41. The summed E-state index contributed by atoms with van der Waals surface area (Å²) in [4.78, 5) is 14.4. The Labute approximate surface area is 163 Å². The number of benzene rings is 2. The van der Waals surface area contributed by atoms with Gasteiger partial charge in [0.2, 0.25) is 0 Å². The highest BCUT2D eigenvalue weighted by molar-refractivity contribution is 6.31. The lowest BCUT2D eigenvalue weighted by molar-refractivity contribution is 0.102. The first-order valence-electron chi connectivity index (χ1n) is 8.69. The third-order valence-electron chi connectivity index (χ3n) is 4.10. The van der Waals surface area contributed by atoms with Crippen molar-refractivity contribution in [3.8, 4) is 0 Å². The van der Waals surface area contributed by atoms with Crippen LogP contribution in [0.2, 0.25) is 5.02 Å². The molecule has 2 rings (SSSR count). The molecular formula is C20H23ClF2N2O2. The molecular weight excluding hydrogens is 374 g/mol. The number of anilines is 2. The van der Waals surface area contributed by atoms with E-state index in [-0.39, 0.29) is 16.7 Å². The molecule has 2 aromatic rings. The predicted molar refractivity (Wildman–Crippen MR) is 105 cm³/mol. The highest BCUT2D eigenvalue weighted by Crippen LogP contribution is 2.24. The number of carbonyl (C=O) groups is 1. The monoisotopic (exact) mass is 396 g/mol. The van der Waals surface area contributed by atoms with Gasteiger partial charge in [0.1, 0.15) is 11.6 Å². The zero-order valence-corrected chi connectivity index (χ0v) is 16.3. The molecule has 146 valence electrons. The first-order chi connectivity index (χ1) is 12.8. The Hall–Kier alpha value is -2.18. The molecule has 4 nitrogen and oxygen atoms in total. The summed E-state index contributed by atoms with van der Waals surface area (Å²) >= 11 is 5.73. The van der Waals surface area contributed by atoms with Crippen molar-refractivity contribution in [3.05, 3.63) is 58.6 Å². The van der Waals surface area contributed by atoms with Gasteiger partial charge in [-0.2, -0.15) is 0 Å². The van der Waals surface area contributed by atoms with Gasteiger partial charge in [0.25, 0.3) is 5.91 Å². The van der Waals surface area contributed by atoms with Crippen molar-refractivity contribution < 1.29 is 18.3 Å². The molecule has 0 saturated heterocycles. The molecule has 1 amide bonds. The summed E-state index contributed by atoms with van der Waals surface area (Å²) in [6.45, 7) is 5.02. The fraction of sp³-hybridized carbons (Fsp3) is 0.350. The SMILES string of the molecule is CCCN(C[C@H](C)OC)c1cc(C(=O)Nc2ccc(F)c(Cl)c2)ccc1F. The molecule has 0 aliphatic rings. The Bertz CT molecular complexity index is 802. The second-order valence-electron chi connectivity index (χ2n) is 6.24. The van der Waals surface area contributed by atoms with Crippen molar-refractivity contribution in [2.75, 3.05) is 30.4 Å². The minimum atomic E-state index is -0.568. The second-order valence-corrected chi connectivity index (χ2v) is 6.65. The molecule has 1 N–H and O–H groups in total. The molecule has 0 saturated carbocycles. The van der Waals surface area contributed by atoms with E-state index >= 15 is 0 Å². The van der Waals surface area contributed by atoms with Crippen LogP contribution in [0.25, 0.3) is 0 Å². The van der Waals surface area contributed by atoms with Crippen molar-refractivity contribution in [1.29, 1.82) is 0 Å². The fourth-order valence-electron chi connectivity index (χ4n) is 2.64. The van der Waals surface area contributed by atoms with Crippen LogP contribution in [0.4, 0.5) is 20.2 Å². The quantitative estimate of drug-likeness (QED) is 0.673. The van der Waals surface area contributed by atoms with Gasteiger partial charge in [-0.05, 0) is 49.7 Å². The maximum atomic E-state index is 14.4. The van der Waals surface area contributed by atoms with Crippen molar-refractivity contribution in [3.63, 3.8) is 0 Å². The Kier molecular flexibility index (Phi) is 7.56. The van der Waals surface area contributed by atoms with Crippen LogP contribution in [0, 0.1) is 11.6 Å². The average molecular weight is 397 g/mol. The summed E-state index contributed by atoms with van der Waals surface area (Å²) in [6, 6.07) is 8.08. The molecule has 0 spiro atoms. The normalized spacial score (nSPS) is 11.9. The molecule has 0 unspecified atom stereocenters. The third-order valence-corrected chi connectivity index (χ3v) is 4.39. The Morgan fingerprint density at radius 3 is 2.56 bits per heavy atom. The second kappa shape index (κ2) is 9.67. The largest absolute Gasteiger partial charge is 0.380 e. The van der Waals surface area contributed by atoms with Gasteiger partial charge >= 0.3 is 0 Å². The van der Waals surface area contributed by atoms with Crippen molar-refractivity contribution in [1.82, 2.24) is 0 Å². The number of nitrogens with zero attached hydrogens (tertiary/aromatic N) is 1. The average Bonchev–Trinajstić information content (AvgIpc) is 2.64. The van der Waals surface area contributed by atoms with Gasteiger partial charge in [-0.3, -0.25) is 4.79 Å². The number of amides is 1. The minimum Gasteiger partial charge on any atom is -0.380 e. The van der Waals surface area contributed by atoms with Gasteiger partial charge in [0, 0.05) is 31.5 Å². The number of ether oxygens (including phenoxy) is 1. The summed E-state index contributed by atoms with van der Waals surface area (Å²) in [6.07, 6.45) is 0.732. The number of hydrogen-bond acceptors (Lipinski definition) is 3. The molecule has 0 aliphatic carbocycles. The van der Waals surface area contributed by atoms with Crippen molar-refractivity contribution in [2.45, 2.75) is 26.4 Å². The van der Waals surface area contributed by atoms with Gasteiger partial charge in [0.05, 0.1) is 16.8 Å². The standard InChI is InChI=1S/C20H23ClF2N2O2/c1-4-9-25(12-13(2)27-3)19-10-14(5-7-18(19)23)20(26)24-15-6-8-17(22)16(21)11-15/h5-8,10-11,13H,4,9,12H2,1-3H3,(H,24,26)/t13-/m0/s1. The smallest absolute Gasteiger partial charge is 0.255 e. The molecule has 0 radical (unpaired) electrons. The van der Waals surface area contributed by atoms with Gasteiger partial charge < -0.3 is 15.0 Å². The van der Waals surface area contributed by atoms with E-state index in [0.717, 1.165) is 6.42 Å². The summed E-state index contributed by atoms with van der Waals surface area (Å²) < 4.78 is 32.9. The Morgan fingerprint density at radius 2 is 1.93 bits per heavy atom. The van der Waals surface area contributed by atoms with E-state index in [4.69, 9.17) is 16.3 Å². The fourth-order valence-corrected chi connectivity index (χ4v) is 2.82. The first-order valence-corrected chi connectivity index (χ1v) is 9.07. The van der Waals surface area contributed by atoms with E-state index in [9.17, 15) is 13.6 Å². The maximum absolute atomic E-state index is 14.4. The van der Waals surface area contributed by atoms with Crippen LogP contribution in [0.1, 0.15) is 30.6 Å². The number of halogens is 3. The number of methoxy groups -OCH3 is 1. The van der Waals surface area contributed by atoms with Crippen LogP contribution in [0.15, 0.2) is 36.4 Å². The van der Waals surface area contributed by atoms with Crippen LogP contribution >= 0.6 is 11.6 Å². The van der Waals surface area contributed by atoms with Gasteiger partial charge in [-0.15, -0.1) is 0 Å². The lowest BCUT2D eigenvalue weighted by atomic mass is 10.1. The molecule has 0 bridgehead atoms. The lowest BCUT2D eigenvalue weighted by Gasteiger charge is -2.27. The molecule has 1 atom stereocenters. The Balaban J connectivity index is 2.25. The van der Waals surface area contributed by atoms with E-state index in [1.807, 2.05) is 18.7 Å². The molecule has 0 heterocycles. The summed E-state index contributed by atoms with van der Waals surface area (Å²) in [5.41, 5.74) is 0.985. The van der Waals surface area contributed by atoms with Crippen LogP contribution < -0.4 is 10.2 Å². The highest BCUT2D eigenvalue weighted by Gasteiger charge is 2.17. The van der Waals surface area contributed by atoms with Gasteiger partial charge in [0.15, 0.2) is 0 Å². The molecule has 27 heavy (non-hydrogen) atoms. The van der Waals surface area contributed by atoms with E-state index in [1.54, 1.807) is 7.11 Å². The van der Waals surface area contributed by atoms with Crippen LogP contribution in [-0.4, -0.2) is 32.2 Å². The van der Waals surface area contributed by atoms with Crippen LogP contribution in [0.3, 0.4) is 0 Å². The molecule has 0 aromatic heterocycles. The van der Waals surface area contributed by atoms with Crippen LogP contribution in [0.5, 0.6) is 0 Å². The number of rotatable bonds is 8. The Morgan fingerprint density at radius 1 is 1.22 bits per heavy atom. The van der Waals surface area contributed by atoms with Crippen molar-refractivity contribution >= 4 is 28.9 Å². The van der Waals surface area contributed by atoms with E-state index in [0.29, 0.717) is 24.5 Å². The minimum absolute atomic E-state index is 0.0877. The van der Waals surface area contributed by atoms with E-state index in [2.05, 4.69) is 5.32 Å². The van der Waals surface area contributed by atoms with Crippen LogP contribution in [-0.2, 0) is 4.74 Å². The number of carbonyl (C=O) groups excluding carboxylic acids is 1. The van der Waals surface area contributed by atoms with E-state index < -0.39 is 17.5 Å². The first kappa shape index (κ1) is 21.1. The topological polar surface area (TPSA) is 41.6 Å². The molecule has 2 aromatic carbocycles. The van der Waals surface area contributed by atoms with Crippen molar-refractivity contribution in [2.24, 2.45) is 0 Å². The lowest BCUT2D eigenvalue weighted by Crippen LogP contribution is -2.33. The summed E-state index contributed by atoms with van der Waals surface area (Å²) in [5, 5.41) is 2.55. The number of hydrogen-bond donors (Lipinski definition) is 1. The number of nitrogens with one attached hydrogen (secondary N) is 1.